The maximum atomic E-state index is 12.4. The van der Waals surface area contributed by atoms with Gasteiger partial charge in [0.15, 0.2) is 5.82 Å². The van der Waals surface area contributed by atoms with Crippen LogP contribution in [0.25, 0.3) is 0 Å². The van der Waals surface area contributed by atoms with Gasteiger partial charge in [-0.2, -0.15) is 5.10 Å². The topological polar surface area (TPSA) is 67.9 Å². The lowest BCUT2D eigenvalue weighted by molar-refractivity contribution is -0.150. The van der Waals surface area contributed by atoms with Crippen molar-refractivity contribution in [3.63, 3.8) is 0 Å². The zero-order valence-electron chi connectivity index (χ0n) is 12.2. The molecular weight excluding hydrogens is 254 g/mol. The number of hydrogen-bond donors (Lipinski definition) is 1. The van der Waals surface area contributed by atoms with E-state index in [0.29, 0.717) is 18.3 Å². The van der Waals surface area contributed by atoms with E-state index < -0.39 is 5.41 Å². The lowest BCUT2D eigenvalue weighted by atomic mass is 9.85. The Bertz CT molecular complexity index is 471. The Labute approximate surface area is 119 Å². The predicted octanol–water partition coefficient (Wildman–Crippen LogP) is 2.84. The van der Waals surface area contributed by atoms with Crippen LogP contribution in [0.1, 0.15) is 75.9 Å². The molecule has 110 valence electrons. The van der Waals surface area contributed by atoms with Crippen molar-refractivity contribution in [2.75, 3.05) is 6.61 Å². The molecule has 1 aromatic rings. The zero-order chi connectivity index (χ0) is 14.0. The summed E-state index contributed by atoms with van der Waals surface area (Å²) in [7, 11) is 0. The first-order valence-corrected chi connectivity index (χ1v) is 7.86. The normalized spacial score (nSPS) is 22.2. The quantitative estimate of drug-likeness (QED) is 0.859. The molecule has 0 aromatic carbocycles. The summed E-state index contributed by atoms with van der Waals surface area (Å²) in [5.41, 5.74) is -0.594. The minimum absolute atomic E-state index is 0.144. The number of hydrogen-bond acceptors (Lipinski definition) is 4. The lowest BCUT2D eigenvalue weighted by Gasteiger charge is -2.22. The van der Waals surface area contributed by atoms with Crippen LogP contribution in [0.3, 0.4) is 0 Å². The number of rotatable bonds is 4. The fourth-order valence-electron chi connectivity index (χ4n) is 3.64. The number of carbonyl (C=O) groups excluding carboxylic acids is 1. The molecule has 0 amide bonds. The van der Waals surface area contributed by atoms with Gasteiger partial charge in [0.2, 0.25) is 0 Å². The number of carbonyl (C=O) groups is 1. The van der Waals surface area contributed by atoms with Gasteiger partial charge in [0.1, 0.15) is 11.2 Å². The molecule has 1 heterocycles. The van der Waals surface area contributed by atoms with Crippen molar-refractivity contribution >= 4 is 5.97 Å². The molecule has 2 aliphatic rings. The molecule has 2 aliphatic carbocycles. The van der Waals surface area contributed by atoms with Gasteiger partial charge >= 0.3 is 5.97 Å². The second-order valence-corrected chi connectivity index (χ2v) is 6.04. The van der Waals surface area contributed by atoms with Crippen molar-refractivity contribution in [3.8, 4) is 0 Å². The summed E-state index contributed by atoms with van der Waals surface area (Å²) < 4.78 is 5.29. The third-order valence-corrected chi connectivity index (χ3v) is 4.80. The fourth-order valence-corrected chi connectivity index (χ4v) is 3.64. The van der Waals surface area contributed by atoms with Gasteiger partial charge in [-0.25, -0.2) is 4.98 Å². The minimum atomic E-state index is -0.594. The first kappa shape index (κ1) is 13.6. The van der Waals surface area contributed by atoms with Crippen molar-refractivity contribution in [3.05, 3.63) is 11.6 Å². The highest BCUT2D eigenvalue weighted by Crippen LogP contribution is 2.41. The maximum Gasteiger partial charge on any atom is 0.319 e. The van der Waals surface area contributed by atoms with Crippen LogP contribution in [0.5, 0.6) is 0 Å². The molecule has 1 N–H and O–H groups in total. The number of nitrogens with one attached hydrogen (secondary N) is 1. The summed E-state index contributed by atoms with van der Waals surface area (Å²) in [4.78, 5) is 17.1. The van der Waals surface area contributed by atoms with E-state index in [-0.39, 0.29) is 5.97 Å². The summed E-state index contributed by atoms with van der Waals surface area (Å²) in [5.74, 6) is 1.98. The Hall–Kier alpha value is -1.39. The summed E-state index contributed by atoms with van der Waals surface area (Å²) in [6.45, 7) is 2.27. The average Bonchev–Trinajstić information content (AvgIpc) is 3.19. The fraction of sp³-hybridized carbons (Fsp3) is 0.800. The molecule has 0 bridgehead atoms. The van der Waals surface area contributed by atoms with E-state index in [0.717, 1.165) is 31.5 Å². The number of nitrogens with zero attached hydrogens (tertiary/aromatic N) is 2. The molecule has 5 nitrogen and oxygen atoms in total. The van der Waals surface area contributed by atoms with E-state index in [4.69, 9.17) is 4.74 Å². The summed E-state index contributed by atoms with van der Waals surface area (Å²) in [5, 5.41) is 7.46. The smallest absolute Gasteiger partial charge is 0.319 e. The minimum Gasteiger partial charge on any atom is -0.465 e. The van der Waals surface area contributed by atoms with E-state index in [1.54, 1.807) is 0 Å². The Morgan fingerprint density at radius 3 is 2.65 bits per heavy atom. The van der Waals surface area contributed by atoms with Crippen LogP contribution in [0.4, 0.5) is 0 Å². The van der Waals surface area contributed by atoms with E-state index in [2.05, 4.69) is 15.2 Å². The first-order chi connectivity index (χ1) is 9.76. The molecule has 0 atom stereocenters. The number of ether oxygens (including phenoxy) is 1. The molecule has 2 fully saturated rings. The molecule has 20 heavy (non-hydrogen) atoms. The lowest BCUT2D eigenvalue weighted by Crippen LogP contribution is -2.36. The van der Waals surface area contributed by atoms with Gasteiger partial charge in [0, 0.05) is 5.92 Å². The van der Waals surface area contributed by atoms with Crippen molar-refractivity contribution in [2.24, 2.45) is 0 Å². The first-order valence-electron chi connectivity index (χ1n) is 7.86. The van der Waals surface area contributed by atoms with Crippen LogP contribution in [-0.4, -0.2) is 27.8 Å². The molecule has 0 aliphatic heterocycles. The van der Waals surface area contributed by atoms with Gasteiger partial charge in [0.05, 0.1) is 6.61 Å². The van der Waals surface area contributed by atoms with Crippen LogP contribution in [0.2, 0.25) is 0 Å². The highest BCUT2D eigenvalue weighted by atomic mass is 16.5. The molecule has 1 aromatic heterocycles. The van der Waals surface area contributed by atoms with Crippen molar-refractivity contribution < 1.29 is 9.53 Å². The third-order valence-electron chi connectivity index (χ3n) is 4.80. The molecule has 0 radical (unpaired) electrons. The van der Waals surface area contributed by atoms with E-state index in [1.807, 2.05) is 6.92 Å². The monoisotopic (exact) mass is 277 g/mol. The maximum absolute atomic E-state index is 12.4. The zero-order valence-corrected chi connectivity index (χ0v) is 12.2. The van der Waals surface area contributed by atoms with E-state index >= 15 is 0 Å². The summed E-state index contributed by atoms with van der Waals surface area (Å²) in [6.07, 6.45) is 8.62. The SMILES string of the molecule is CCOC(=O)C1(c2n[nH]c(C3CCCC3)n2)CCCC1. The van der Waals surface area contributed by atoms with Gasteiger partial charge in [-0.1, -0.05) is 25.7 Å². The second-order valence-electron chi connectivity index (χ2n) is 6.04. The number of esters is 1. The largest absolute Gasteiger partial charge is 0.465 e. The van der Waals surface area contributed by atoms with E-state index in [9.17, 15) is 4.79 Å². The van der Waals surface area contributed by atoms with Crippen LogP contribution < -0.4 is 0 Å². The molecule has 0 saturated heterocycles. The van der Waals surface area contributed by atoms with Gasteiger partial charge < -0.3 is 4.74 Å². The van der Waals surface area contributed by atoms with Crippen LogP contribution in [0, 0.1) is 0 Å². The second kappa shape index (κ2) is 5.54. The molecular formula is C15H23N3O2. The predicted molar refractivity (Wildman–Crippen MR) is 74.4 cm³/mol. The van der Waals surface area contributed by atoms with Crippen LogP contribution in [0.15, 0.2) is 0 Å². The molecule has 0 spiro atoms. The molecule has 3 rings (SSSR count). The van der Waals surface area contributed by atoms with Crippen molar-refractivity contribution in [1.82, 2.24) is 15.2 Å². The highest BCUT2D eigenvalue weighted by Gasteiger charge is 2.47. The average molecular weight is 277 g/mol. The molecule has 0 unspecified atom stereocenters. The van der Waals surface area contributed by atoms with Gasteiger partial charge in [0.25, 0.3) is 0 Å². The van der Waals surface area contributed by atoms with Gasteiger partial charge in [-0.15, -0.1) is 0 Å². The Morgan fingerprint density at radius 2 is 2.00 bits per heavy atom. The molecule has 5 heteroatoms. The number of aromatic amines is 1. The highest BCUT2D eigenvalue weighted by molar-refractivity contribution is 5.82. The van der Waals surface area contributed by atoms with Crippen LogP contribution in [-0.2, 0) is 14.9 Å². The van der Waals surface area contributed by atoms with Gasteiger partial charge in [-0.05, 0) is 32.6 Å². The molecule has 2 saturated carbocycles. The third kappa shape index (κ3) is 2.23. The standard InChI is InChI=1S/C15H23N3O2/c1-2-20-14(19)15(9-5-6-10-15)13-16-12(17-18-13)11-7-3-4-8-11/h11H,2-10H2,1H3,(H,16,17,18). The Morgan fingerprint density at radius 1 is 1.30 bits per heavy atom. The summed E-state index contributed by atoms with van der Waals surface area (Å²) >= 11 is 0. The summed E-state index contributed by atoms with van der Waals surface area (Å²) in [6, 6.07) is 0. The Balaban J connectivity index is 1.86. The van der Waals surface area contributed by atoms with Crippen molar-refractivity contribution in [2.45, 2.75) is 69.6 Å². The number of aromatic nitrogens is 3. The van der Waals surface area contributed by atoms with Crippen molar-refractivity contribution in [1.29, 1.82) is 0 Å². The van der Waals surface area contributed by atoms with E-state index in [1.165, 1.54) is 25.7 Å². The Kier molecular flexibility index (Phi) is 3.76. The van der Waals surface area contributed by atoms with Crippen LogP contribution >= 0.6 is 0 Å². The van der Waals surface area contributed by atoms with Gasteiger partial charge in [-0.3, -0.25) is 9.89 Å². The number of H-pyrrole nitrogens is 1.